The van der Waals surface area contributed by atoms with Crippen LogP contribution in [0.15, 0.2) is 12.1 Å². The second-order valence-electron chi connectivity index (χ2n) is 4.85. The Kier molecular flexibility index (Phi) is 3.97. The zero-order chi connectivity index (χ0) is 14.0. The number of halogens is 3. The number of benzene rings is 1. The maximum atomic E-state index is 13.0. The third kappa shape index (κ3) is 3.19. The van der Waals surface area contributed by atoms with Crippen molar-refractivity contribution in [1.82, 2.24) is 4.90 Å². The van der Waals surface area contributed by atoms with E-state index in [9.17, 15) is 18.0 Å². The molecule has 1 N–H and O–H groups in total. The molecule has 0 aliphatic carbocycles. The van der Waals surface area contributed by atoms with E-state index in [0.29, 0.717) is 19.0 Å². The first-order valence-corrected chi connectivity index (χ1v) is 6.18. The fraction of sp³-hybridized carbons (Fsp3) is 0.462. The van der Waals surface area contributed by atoms with Gasteiger partial charge in [0.05, 0.1) is 0 Å². The van der Waals surface area contributed by atoms with Gasteiger partial charge in [-0.25, -0.2) is 18.0 Å². The van der Waals surface area contributed by atoms with E-state index in [1.807, 2.05) is 0 Å². The van der Waals surface area contributed by atoms with E-state index in [1.165, 1.54) is 0 Å². The van der Waals surface area contributed by atoms with Gasteiger partial charge in [-0.15, -0.1) is 0 Å². The lowest BCUT2D eigenvalue weighted by molar-refractivity contribution is 0.186. The molecule has 1 aliphatic heterocycles. The van der Waals surface area contributed by atoms with Crippen LogP contribution in [0.4, 0.5) is 23.7 Å². The van der Waals surface area contributed by atoms with Crippen LogP contribution in [-0.2, 0) is 0 Å². The minimum atomic E-state index is -1.54. The van der Waals surface area contributed by atoms with Gasteiger partial charge in [0.2, 0.25) is 0 Å². The molecule has 104 valence electrons. The number of hydrogen-bond acceptors (Lipinski definition) is 1. The molecule has 1 aromatic carbocycles. The summed E-state index contributed by atoms with van der Waals surface area (Å²) in [5.41, 5.74) is -0.0833. The molecule has 6 heteroatoms. The lowest BCUT2D eigenvalue weighted by Gasteiger charge is -2.30. The minimum absolute atomic E-state index is 0.0833. The Hall–Kier alpha value is -1.72. The number of rotatable bonds is 1. The van der Waals surface area contributed by atoms with Crippen molar-refractivity contribution >= 4 is 11.7 Å². The van der Waals surface area contributed by atoms with Crippen molar-refractivity contribution < 1.29 is 18.0 Å². The number of urea groups is 1. The molecule has 1 saturated heterocycles. The summed E-state index contributed by atoms with van der Waals surface area (Å²) in [5, 5.41) is 2.38. The summed E-state index contributed by atoms with van der Waals surface area (Å²) >= 11 is 0. The number of piperidine rings is 1. The molecular formula is C13H15F3N2O. The second kappa shape index (κ2) is 5.50. The van der Waals surface area contributed by atoms with Gasteiger partial charge >= 0.3 is 6.03 Å². The van der Waals surface area contributed by atoms with Crippen LogP contribution >= 0.6 is 0 Å². The van der Waals surface area contributed by atoms with Gasteiger partial charge in [0.15, 0.2) is 17.5 Å². The van der Waals surface area contributed by atoms with Gasteiger partial charge in [0.1, 0.15) is 0 Å². The molecule has 19 heavy (non-hydrogen) atoms. The first kappa shape index (κ1) is 13.7. The van der Waals surface area contributed by atoms with Crippen molar-refractivity contribution in [3.8, 4) is 0 Å². The number of likely N-dealkylation sites (tertiary alicyclic amines) is 1. The predicted molar refractivity (Wildman–Crippen MR) is 65.3 cm³/mol. The van der Waals surface area contributed by atoms with Crippen LogP contribution in [0.5, 0.6) is 0 Å². The molecule has 1 heterocycles. The molecule has 0 saturated carbocycles. The van der Waals surface area contributed by atoms with Gasteiger partial charge in [-0.05, 0) is 18.8 Å². The van der Waals surface area contributed by atoms with E-state index in [1.54, 1.807) is 4.90 Å². The first-order valence-electron chi connectivity index (χ1n) is 6.18. The molecule has 0 radical (unpaired) electrons. The average molecular weight is 272 g/mol. The summed E-state index contributed by atoms with van der Waals surface area (Å²) in [4.78, 5) is 13.4. The SMILES string of the molecule is CC1CCN(C(=O)Nc2cc(F)c(F)c(F)c2)CC1. The summed E-state index contributed by atoms with van der Waals surface area (Å²) in [6, 6.07) is 1.11. The fourth-order valence-corrected chi connectivity index (χ4v) is 2.04. The van der Waals surface area contributed by atoms with E-state index < -0.39 is 23.5 Å². The highest BCUT2D eigenvalue weighted by Crippen LogP contribution is 2.20. The smallest absolute Gasteiger partial charge is 0.321 e. The Bertz CT molecular complexity index is 462. The predicted octanol–water partition coefficient (Wildman–Crippen LogP) is 3.37. The van der Waals surface area contributed by atoms with E-state index >= 15 is 0 Å². The van der Waals surface area contributed by atoms with Gasteiger partial charge in [-0.2, -0.15) is 0 Å². The van der Waals surface area contributed by atoms with Crippen molar-refractivity contribution in [3.63, 3.8) is 0 Å². The molecule has 1 aliphatic rings. The third-order valence-electron chi connectivity index (χ3n) is 3.31. The Morgan fingerprint density at radius 3 is 2.26 bits per heavy atom. The van der Waals surface area contributed by atoms with Gasteiger partial charge in [0, 0.05) is 30.9 Å². The molecule has 0 aromatic heterocycles. The van der Waals surface area contributed by atoms with Crippen LogP contribution in [-0.4, -0.2) is 24.0 Å². The van der Waals surface area contributed by atoms with Crippen molar-refractivity contribution in [2.45, 2.75) is 19.8 Å². The molecule has 1 aromatic rings. The summed E-state index contributed by atoms with van der Waals surface area (Å²) in [6.07, 6.45) is 1.80. The maximum Gasteiger partial charge on any atom is 0.321 e. The molecule has 3 nitrogen and oxygen atoms in total. The third-order valence-corrected chi connectivity index (χ3v) is 3.31. The minimum Gasteiger partial charge on any atom is -0.325 e. The first-order chi connectivity index (χ1) is 8.97. The molecule has 0 unspecified atom stereocenters. The Morgan fingerprint density at radius 2 is 1.74 bits per heavy atom. The zero-order valence-corrected chi connectivity index (χ0v) is 10.5. The summed E-state index contributed by atoms with van der Waals surface area (Å²) < 4.78 is 38.8. The molecule has 0 bridgehead atoms. The van der Waals surface area contributed by atoms with Crippen LogP contribution in [0, 0.1) is 23.4 Å². The van der Waals surface area contributed by atoms with Crippen LogP contribution in [0.1, 0.15) is 19.8 Å². The average Bonchev–Trinajstić information content (AvgIpc) is 2.36. The lowest BCUT2D eigenvalue weighted by atomic mass is 10.00. The monoisotopic (exact) mass is 272 g/mol. The van der Waals surface area contributed by atoms with Crippen molar-refractivity contribution in [3.05, 3.63) is 29.6 Å². The highest BCUT2D eigenvalue weighted by atomic mass is 19.2. The van der Waals surface area contributed by atoms with Crippen LogP contribution in [0.2, 0.25) is 0 Å². The topological polar surface area (TPSA) is 32.3 Å². The van der Waals surface area contributed by atoms with E-state index in [-0.39, 0.29) is 5.69 Å². The number of nitrogens with zero attached hydrogens (tertiary/aromatic N) is 1. The van der Waals surface area contributed by atoms with E-state index in [2.05, 4.69) is 12.2 Å². The normalized spacial score (nSPS) is 16.5. The fourth-order valence-electron chi connectivity index (χ4n) is 2.04. The standard InChI is InChI=1S/C13H15F3N2O/c1-8-2-4-18(5-3-8)13(19)17-9-6-10(14)12(16)11(15)7-9/h6-8H,2-5H2,1H3,(H,17,19). The Labute approximate surface area is 109 Å². The lowest BCUT2D eigenvalue weighted by Crippen LogP contribution is -2.40. The van der Waals surface area contributed by atoms with Crippen LogP contribution in [0.25, 0.3) is 0 Å². The summed E-state index contributed by atoms with van der Waals surface area (Å²) in [5.74, 6) is -3.60. The van der Waals surface area contributed by atoms with Gasteiger partial charge in [0.25, 0.3) is 0 Å². The van der Waals surface area contributed by atoms with Crippen molar-refractivity contribution in [2.75, 3.05) is 18.4 Å². The van der Waals surface area contributed by atoms with Gasteiger partial charge < -0.3 is 10.2 Å². The molecule has 2 rings (SSSR count). The zero-order valence-electron chi connectivity index (χ0n) is 10.5. The highest BCUT2D eigenvalue weighted by molar-refractivity contribution is 5.89. The Morgan fingerprint density at radius 1 is 1.21 bits per heavy atom. The molecule has 1 fully saturated rings. The molecule has 2 amide bonds. The summed E-state index contributed by atoms with van der Waals surface area (Å²) in [7, 11) is 0. The molecule has 0 spiro atoms. The highest BCUT2D eigenvalue weighted by Gasteiger charge is 2.21. The largest absolute Gasteiger partial charge is 0.325 e. The number of carbonyl (C=O) groups is 1. The van der Waals surface area contributed by atoms with Crippen molar-refractivity contribution in [1.29, 1.82) is 0 Å². The Balaban J connectivity index is 2.03. The van der Waals surface area contributed by atoms with Crippen molar-refractivity contribution in [2.24, 2.45) is 5.92 Å². The number of amides is 2. The number of anilines is 1. The molecular weight excluding hydrogens is 257 g/mol. The van der Waals surface area contributed by atoms with Crippen LogP contribution < -0.4 is 5.32 Å². The second-order valence-corrected chi connectivity index (χ2v) is 4.85. The number of carbonyl (C=O) groups excluding carboxylic acids is 1. The van der Waals surface area contributed by atoms with E-state index in [4.69, 9.17) is 0 Å². The quantitative estimate of drug-likeness (QED) is 0.781. The molecule has 0 atom stereocenters. The van der Waals surface area contributed by atoms with E-state index in [0.717, 1.165) is 25.0 Å². The number of hydrogen-bond donors (Lipinski definition) is 1. The maximum absolute atomic E-state index is 13.0. The van der Waals surface area contributed by atoms with Gasteiger partial charge in [-0.1, -0.05) is 6.92 Å². The summed E-state index contributed by atoms with van der Waals surface area (Å²) in [6.45, 7) is 3.33. The van der Waals surface area contributed by atoms with Gasteiger partial charge in [-0.3, -0.25) is 0 Å². The van der Waals surface area contributed by atoms with Crippen LogP contribution in [0.3, 0.4) is 0 Å². The number of nitrogens with one attached hydrogen (secondary N) is 1.